The highest BCUT2D eigenvalue weighted by molar-refractivity contribution is 5.80. The zero-order chi connectivity index (χ0) is 9.42. The SMILES string of the molecule is Nc1ccc2oc(=O)ncc2c1F. The Morgan fingerprint density at radius 2 is 2.23 bits per heavy atom. The molecule has 0 unspecified atom stereocenters. The summed E-state index contributed by atoms with van der Waals surface area (Å²) in [5.41, 5.74) is 5.45. The third-order valence-electron chi connectivity index (χ3n) is 1.67. The fourth-order valence-corrected chi connectivity index (χ4v) is 1.04. The first-order valence-corrected chi connectivity index (χ1v) is 3.52. The number of anilines is 1. The summed E-state index contributed by atoms with van der Waals surface area (Å²) in [5, 5.41) is 0.111. The molecular formula is C8H5FN2O2. The van der Waals surface area contributed by atoms with Crippen molar-refractivity contribution in [2.24, 2.45) is 0 Å². The van der Waals surface area contributed by atoms with Crippen molar-refractivity contribution in [1.82, 2.24) is 4.98 Å². The summed E-state index contributed by atoms with van der Waals surface area (Å²) in [4.78, 5) is 13.9. The molecule has 0 saturated heterocycles. The van der Waals surface area contributed by atoms with Crippen LogP contribution in [0.3, 0.4) is 0 Å². The van der Waals surface area contributed by atoms with Gasteiger partial charge in [-0.25, -0.2) is 9.18 Å². The van der Waals surface area contributed by atoms with E-state index in [0.29, 0.717) is 0 Å². The minimum absolute atomic E-state index is 0.00292. The lowest BCUT2D eigenvalue weighted by molar-refractivity contribution is 0.527. The number of nitrogens with zero attached hydrogens (tertiary/aromatic N) is 1. The summed E-state index contributed by atoms with van der Waals surface area (Å²) in [7, 11) is 0. The van der Waals surface area contributed by atoms with E-state index in [-0.39, 0.29) is 16.7 Å². The van der Waals surface area contributed by atoms with Crippen LogP contribution in [0.1, 0.15) is 0 Å². The predicted octanol–water partition coefficient (Wildman–Crippen LogP) is 0.909. The van der Waals surface area contributed by atoms with Crippen LogP contribution in [0.2, 0.25) is 0 Å². The van der Waals surface area contributed by atoms with Crippen LogP contribution in [-0.4, -0.2) is 4.98 Å². The quantitative estimate of drug-likeness (QED) is 0.612. The molecule has 13 heavy (non-hydrogen) atoms. The molecular weight excluding hydrogens is 175 g/mol. The van der Waals surface area contributed by atoms with E-state index < -0.39 is 11.6 Å². The molecule has 0 atom stereocenters. The lowest BCUT2D eigenvalue weighted by Gasteiger charge is -1.98. The normalized spacial score (nSPS) is 10.5. The van der Waals surface area contributed by atoms with Gasteiger partial charge < -0.3 is 10.2 Å². The maximum atomic E-state index is 13.2. The topological polar surface area (TPSA) is 69.1 Å². The summed E-state index contributed by atoms with van der Waals surface area (Å²) in [6.45, 7) is 0. The Hall–Kier alpha value is -1.91. The van der Waals surface area contributed by atoms with Crippen LogP contribution in [0.15, 0.2) is 27.5 Å². The van der Waals surface area contributed by atoms with Gasteiger partial charge in [0.25, 0.3) is 0 Å². The van der Waals surface area contributed by atoms with Crippen molar-refractivity contribution in [2.45, 2.75) is 0 Å². The van der Waals surface area contributed by atoms with Crippen molar-refractivity contribution in [2.75, 3.05) is 5.73 Å². The van der Waals surface area contributed by atoms with E-state index in [9.17, 15) is 9.18 Å². The Kier molecular flexibility index (Phi) is 1.51. The van der Waals surface area contributed by atoms with Gasteiger partial charge in [0.2, 0.25) is 0 Å². The lowest BCUT2D eigenvalue weighted by atomic mass is 10.2. The molecule has 1 heterocycles. The molecule has 0 aliphatic carbocycles. The predicted molar refractivity (Wildman–Crippen MR) is 44.6 cm³/mol. The highest BCUT2D eigenvalue weighted by Gasteiger charge is 2.06. The number of nitrogens with two attached hydrogens (primary N) is 1. The second-order valence-corrected chi connectivity index (χ2v) is 2.51. The molecule has 0 bridgehead atoms. The summed E-state index contributed by atoms with van der Waals surface area (Å²) in [6.07, 6.45) is 1.10. The summed E-state index contributed by atoms with van der Waals surface area (Å²) >= 11 is 0. The second kappa shape index (κ2) is 2.55. The third-order valence-corrected chi connectivity index (χ3v) is 1.67. The van der Waals surface area contributed by atoms with Crippen molar-refractivity contribution in [1.29, 1.82) is 0 Å². The van der Waals surface area contributed by atoms with E-state index in [2.05, 4.69) is 9.40 Å². The molecule has 0 aliphatic heterocycles. The minimum atomic E-state index is -0.753. The standard InChI is InChI=1S/C8H5FN2O2/c9-7-4-3-11-8(12)13-6(4)2-1-5(7)10/h1-3H,10H2. The van der Waals surface area contributed by atoms with Gasteiger partial charge in [0.05, 0.1) is 11.1 Å². The number of fused-ring (bicyclic) bond motifs is 1. The fourth-order valence-electron chi connectivity index (χ4n) is 1.04. The molecule has 2 rings (SSSR count). The molecule has 2 N–H and O–H groups in total. The van der Waals surface area contributed by atoms with E-state index in [1.165, 1.54) is 12.1 Å². The molecule has 2 aromatic rings. The largest absolute Gasteiger partial charge is 0.439 e. The van der Waals surface area contributed by atoms with Crippen molar-refractivity contribution < 1.29 is 8.81 Å². The maximum absolute atomic E-state index is 13.2. The first-order chi connectivity index (χ1) is 6.18. The van der Waals surface area contributed by atoms with Crippen LogP contribution in [-0.2, 0) is 0 Å². The minimum Gasteiger partial charge on any atom is -0.408 e. The van der Waals surface area contributed by atoms with Gasteiger partial charge in [-0.3, -0.25) is 0 Å². The molecule has 0 saturated carbocycles. The molecule has 0 fully saturated rings. The summed E-state index contributed by atoms with van der Waals surface area (Å²) in [5.74, 6) is -1.37. The van der Waals surface area contributed by atoms with Crippen molar-refractivity contribution in [3.8, 4) is 0 Å². The van der Waals surface area contributed by atoms with Gasteiger partial charge in [-0.05, 0) is 12.1 Å². The van der Waals surface area contributed by atoms with Gasteiger partial charge in [0, 0.05) is 6.20 Å². The zero-order valence-electron chi connectivity index (χ0n) is 6.45. The average molecular weight is 180 g/mol. The van der Waals surface area contributed by atoms with E-state index in [0.717, 1.165) is 6.20 Å². The maximum Gasteiger partial charge on any atom is 0.439 e. The Morgan fingerprint density at radius 1 is 1.46 bits per heavy atom. The number of halogens is 1. The van der Waals surface area contributed by atoms with Gasteiger partial charge in [-0.15, -0.1) is 0 Å². The molecule has 0 spiro atoms. The first-order valence-electron chi connectivity index (χ1n) is 3.52. The number of benzene rings is 1. The highest BCUT2D eigenvalue weighted by Crippen LogP contribution is 2.19. The Labute approximate surface area is 71.8 Å². The van der Waals surface area contributed by atoms with Gasteiger partial charge in [-0.1, -0.05) is 0 Å². The molecule has 66 valence electrons. The smallest absolute Gasteiger partial charge is 0.408 e. The van der Waals surface area contributed by atoms with Crippen molar-refractivity contribution in [3.63, 3.8) is 0 Å². The van der Waals surface area contributed by atoms with Gasteiger partial charge >= 0.3 is 5.76 Å². The number of hydrogen-bond acceptors (Lipinski definition) is 4. The average Bonchev–Trinajstić information content (AvgIpc) is 2.12. The van der Waals surface area contributed by atoms with Crippen molar-refractivity contribution in [3.05, 3.63) is 34.7 Å². The number of aromatic nitrogens is 1. The fraction of sp³-hybridized carbons (Fsp3) is 0. The first kappa shape index (κ1) is 7.72. The molecule has 0 amide bonds. The van der Waals surface area contributed by atoms with E-state index >= 15 is 0 Å². The van der Waals surface area contributed by atoms with Crippen LogP contribution in [0.5, 0.6) is 0 Å². The Balaban J connectivity index is 2.95. The number of rotatable bonds is 0. The summed E-state index contributed by atoms with van der Waals surface area (Å²) in [6, 6.07) is 2.76. The van der Waals surface area contributed by atoms with Gasteiger partial charge in [-0.2, -0.15) is 4.98 Å². The van der Waals surface area contributed by atoms with Crippen LogP contribution in [0, 0.1) is 5.82 Å². The van der Waals surface area contributed by atoms with Gasteiger partial charge in [0.15, 0.2) is 5.82 Å². The number of nitrogen functional groups attached to an aromatic ring is 1. The van der Waals surface area contributed by atoms with Crippen molar-refractivity contribution >= 4 is 16.7 Å². The summed E-state index contributed by atoms with van der Waals surface area (Å²) < 4.78 is 17.8. The molecule has 0 radical (unpaired) electrons. The monoisotopic (exact) mass is 180 g/mol. The van der Waals surface area contributed by atoms with Crippen LogP contribution in [0.4, 0.5) is 10.1 Å². The number of hydrogen-bond donors (Lipinski definition) is 1. The van der Waals surface area contributed by atoms with E-state index in [4.69, 9.17) is 5.73 Å². The molecule has 5 heteroatoms. The Bertz CT molecular complexity index is 521. The van der Waals surface area contributed by atoms with Crippen LogP contribution >= 0.6 is 0 Å². The van der Waals surface area contributed by atoms with Crippen LogP contribution < -0.4 is 11.5 Å². The van der Waals surface area contributed by atoms with Gasteiger partial charge in [0.1, 0.15) is 5.58 Å². The lowest BCUT2D eigenvalue weighted by Crippen LogP contribution is -2.03. The highest BCUT2D eigenvalue weighted by atomic mass is 19.1. The van der Waals surface area contributed by atoms with E-state index in [1.807, 2.05) is 0 Å². The zero-order valence-corrected chi connectivity index (χ0v) is 6.45. The third kappa shape index (κ3) is 1.14. The molecule has 1 aromatic heterocycles. The Morgan fingerprint density at radius 3 is 3.00 bits per heavy atom. The second-order valence-electron chi connectivity index (χ2n) is 2.51. The molecule has 0 aliphatic rings. The molecule has 4 nitrogen and oxygen atoms in total. The van der Waals surface area contributed by atoms with E-state index in [1.54, 1.807) is 0 Å². The molecule has 1 aromatic carbocycles. The van der Waals surface area contributed by atoms with Crippen LogP contribution in [0.25, 0.3) is 11.0 Å².